The molecule has 2 heterocycles. The quantitative estimate of drug-likeness (QED) is 0.0812. The molecule has 0 aliphatic heterocycles. The topological polar surface area (TPSA) is 63.1 Å². The van der Waals surface area contributed by atoms with Crippen molar-refractivity contribution in [3.05, 3.63) is 120 Å². The second-order valence-corrected chi connectivity index (χ2v) is 16.0. The van der Waals surface area contributed by atoms with Crippen molar-refractivity contribution < 1.29 is 30.0 Å². The molecular formula is C46H51IrN2O2-. The number of aryl methyl sites for hydroxylation is 1. The number of aliphatic hydroxyl groups excluding tert-OH is 1. The summed E-state index contributed by atoms with van der Waals surface area (Å²) in [5.74, 6) is 0.973. The van der Waals surface area contributed by atoms with Crippen LogP contribution in [0, 0.1) is 23.8 Å². The van der Waals surface area contributed by atoms with Gasteiger partial charge in [0.15, 0.2) is 5.78 Å². The van der Waals surface area contributed by atoms with Gasteiger partial charge in [-0.3, -0.25) is 9.78 Å². The largest absolute Gasteiger partial charge is 0.512 e. The zero-order valence-corrected chi connectivity index (χ0v) is 34.3. The summed E-state index contributed by atoms with van der Waals surface area (Å²) in [5.41, 5.74) is 7.33. The molecule has 0 unspecified atom stereocenters. The third kappa shape index (κ3) is 8.83. The van der Waals surface area contributed by atoms with Crippen molar-refractivity contribution in [3.8, 4) is 22.4 Å². The number of nitrogens with zero attached hydrogens (tertiary/aromatic N) is 2. The van der Waals surface area contributed by atoms with Crippen molar-refractivity contribution in [2.45, 2.75) is 88.0 Å². The average Bonchev–Trinajstić information content (AvgIpc) is 3.06. The van der Waals surface area contributed by atoms with Crippen LogP contribution in [0.2, 0.25) is 0 Å². The molecule has 0 saturated carbocycles. The van der Waals surface area contributed by atoms with Gasteiger partial charge >= 0.3 is 0 Å². The van der Waals surface area contributed by atoms with Crippen LogP contribution < -0.4 is 0 Å². The van der Waals surface area contributed by atoms with Gasteiger partial charge in [0.2, 0.25) is 0 Å². The number of aliphatic hydroxyl groups is 1. The average molecular weight is 856 g/mol. The molecule has 0 saturated heterocycles. The molecule has 4 nitrogen and oxygen atoms in total. The Morgan fingerprint density at radius 1 is 0.725 bits per heavy atom. The van der Waals surface area contributed by atoms with E-state index in [1.807, 2.05) is 60.0 Å². The summed E-state index contributed by atoms with van der Waals surface area (Å²) < 4.78 is 0. The summed E-state index contributed by atoms with van der Waals surface area (Å²) >= 11 is 0. The van der Waals surface area contributed by atoms with Crippen molar-refractivity contribution in [3.63, 3.8) is 0 Å². The molecular weight excluding hydrogens is 805 g/mol. The summed E-state index contributed by atoms with van der Waals surface area (Å²) in [6.07, 6.45) is 5.13. The standard InChI is InChI=1S/C35H31N2.C11H20O2.Ir/c1-21(2)26-18-27(22(3)4)20-28(19-26)35-34-13-12-31-30-10-8-24(29-7-6-15-36-23(29)5)17-25(30)9-11-32(31)33(34)14-16-37-35;1-10(2,3)8(12)7-9(13)11(4,5)6;/h6-19,21-22H,1-5H3;7,12H,1-6H3;/q-1;;/b;8-7-;. The Hall–Kier alpha value is -4.18. The first kappa shape index (κ1) is 39.6. The minimum absolute atomic E-state index is 0. The second kappa shape index (κ2) is 15.6. The molecule has 6 aromatic rings. The maximum Gasteiger partial charge on any atom is 0.164 e. The van der Waals surface area contributed by atoms with Crippen LogP contribution in [-0.2, 0) is 24.9 Å². The number of benzene rings is 4. The van der Waals surface area contributed by atoms with Crippen molar-refractivity contribution in [1.82, 2.24) is 9.97 Å². The Morgan fingerprint density at radius 2 is 1.35 bits per heavy atom. The Morgan fingerprint density at radius 3 is 1.98 bits per heavy atom. The van der Waals surface area contributed by atoms with Crippen molar-refractivity contribution in [2.75, 3.05) is 0 Å². The molecule has 4 aromatic carbocycles. The first-order valence-corrected chi connectivity index (χ1v) is 17.6. The van der Waals surface area contributed by atoms with E-state index < -0.39 is 5.41 Å². The number of carbonyl (C=O) groups excluding carboxylic acids is 1. The smallest absolute Gasteiger partial charge is 0.164 e. The first-order chi connectivity index (χ1) is 23.5. The van der Waals surface area contributed by atoms with Crippen molar-refractivity contribution in [1.29, 1.82) is 0 Å². The fourth-order valence-electron chi connectivity index (χ4n) is 5.93. The minimum Gasteiger partial charge on any atom is -0.512 e. The predicted octanol–water partition coefficient (Wildman–Crippen LogP) is 12.7. The van der Waals surface area contributed by atoms with Gasteiger partial charge in [0, 0.05) is 60.7 Å². The number of allylic oxidation sites excluding steroid dienone is 2. The molecule has 2 aromatic heterocycles. The normalized spacial score (nSPS) is 12.3. The van der Waals surface area contributed by atoms with Crippen LogP contribution in [0.25, 0.3) is 54.7 Å². The molecule has 1 radical (unpaired) electrons. The van der Waals surface area contributed by atoms with Crippen molar-refractivity contribution in [2.24, 2.45) is 10.8 Å². The summed E-state index contributed by atoms with van der Waals surface area (Å²) in [5, 5.41) is 17.0. The Balaban J connectivity index is 0.000000358. The molecule has 0 atom stereocenters. The van der Waals surface area contributed by atoms with E-state index in [9.17, 15) is 9.90 Å². The van der Waals surface area contributed by atoms with E-state index in [1.165, 1.54) is 60.6 Å². The summed E-state index contributed by atoms with van der Waals surface area (Å²) in [6.45, 7) is 22.1. The Kier molecular flexibility index (Phi) is 12.1. The van der Waals surface area contributed by atoms with Crippen LogP contribution in [-0.4, -0.2) is 20.9 Å². The van der Waals surface area contributed by atoms with E-state index in [-0.39, 0.29) is 37.1 Å². The van der Waals surface area contributed by atoms with Gasteiger partial charge in [-0.25, -0.2) is 0 Å². The minimum atomic E-state index is -0.417. The van der Waals surface area contributed by atoms with E-state index >= 15 is 0 Å². The van der Waals surface area contributed by atoms with Gasteiger partial charge in [-0.15, -0.1) is 34.9 Å². The molecule has 0 aliphatic carbocycles. The number of hydrogen-bond donors (Lipinski definition) is 1. The molecule has 0 fully saturated rings. The SMILES string of the molecule is CC(C)(C)C(=O)/C=C(\O)C(C)(C)C.Cc1ncccc1-c1ccc2c(ccc3c4ccnc(-c5[c-]c(C(C)C)cc(C(C)C)c5)c4ccc23)c1.[Ir]. The molecule has 0 bridgehead atoms. The van der Waals surface area contributed by atoms with Gasteiger partial charge in [-0.1, -0.05) is 112 Å². The third-order valence-corrected chi connectivity index (χ3v) is 9.31. The molecule has 5 heteroatoms. The number of ketones is 1. The number of carbonyl (C=O) groups is 1. The fourth-order valence-corrected chi connectivity index (χ4v) is 5.93. The molecule has 0 aliphatic rings. The number of pyridine rings is 2. The molecule has 0 spiro atoms. The first-order valence-electron chi connectivity index (χ1n) is 17.6. The van der Waals surface area contributed by atoms with Gasteiger partial charge in [0.25, 0.3) is 0 Å². The van der Waals surface area contributed by atoms with Crippen LogP contribution in [0.15, 0.2) is 97.0 Å². The van der Waals surface area contributed by atoms with E-state index in [0.29, 0.717) is 11.8 Å². The van der Waals surface area contributed by atoms with E-state index in [0.717, 1.165) is 17.0 Å². The maximum absolute atomic E-state index is 11.5. The summed E-state index contributed by atoms with van der Waals surface area (Å²) in [7, 11) is 0. The number of rotatable bonds is 5. The van der Waals surface area contributed by atoms with E-state index in [2.05, 4.69) is 112 Å². The maximum atomic E-state index is 11.5. The van der Waals surface area contributed by atoms with Crippen LogP contribution in [0.4, 0.5) is 0 Å². The zero-order chi connectivity index (χ0) is 36.5. The van der Waals surface area contributed by atoms with Crippen molar-refractivity contribution >= 4 is 38.1 Å². The molecule has 51 heavy (non-hydrogen) atoms. The number of aromatic nitrogens is 2. The van der Waals surface area contributed by atoms with Crippen LogP contribution >= 0.6 is 0 Å². The molecule has 267 valence electrons. The number of hydrogen-bond acceptors (Lipinski definition) is 4. The fraction of sp³-hybridized carbons (Fsp3) is 0.326. The van der Waals surface area contributed by atoms with Gasteiger partial charge in [0.1, 0.15) is 5.76 Å². The zero-order valence-electron chi connectivity index (χ0n) is 31.9. The molecule has 1 N–H and O–H groups in total. The molecule has 0 amide bonds. The van der Waals surface area contributed by atoms with E-state index in [1.54, 1.807) is 0 Å². The summed E-state index contributed by atoms with van der Waals surface area (Å²) in [4.78, 5) is 20.8. The number of fused-ring (bicyclic) bond motifs is 5. The van der Waals surface area contributed by atoms with Crippen LogP contribution in [0.3, 0.4) is 0 Å². The van der Waals surface area contributed by atoms with Gasteiger partial charge in [-0.05, 0) is 80.5 Å². The van der Waals surface area contributed by atoms with Gasteiger partial charge in [0.05, 0.1) is 0 Å². The van der Waals surface area contributed by atoms with E-state index in [4.69, 9.17) is 4.98 Å². The summed E-state index contributed by atoms with van der Waals surface area (Å²) in [6, 6.07) is 30.3. The second-order valence-electron chi connectivity index (χ2n) is 16.0. The molecule has 6 rings (SSSR count). The Bertz CT molecular complexity index is 2210. The Labute approximate surface area is 317 Å². The monoisotopic (exact) mass is 856 g/mol. The predicted molar refractivity (Wildman–Crippen MR) is 212 cm³/mol. The van der Waals surface area contributed by atoms with Crippen LogP contribution in [0.1, 0.15) is 97.9 Å². The van der Waals surface area contributed by atoms with Gasteiger partial charge in [-0.2, -0.15) is 0 Å². The van der Waals surface area contributed by atoms with Gasteiger partial charge < -0.3 is 10.1 Å². The third-order valence-electron chi connectivity index (χ3n) is 9.31. The van der Waals surface area contributed by atoms with Crippen LogP contribution in [0.5, 0.6) is 0 Å².